The molecule has 2 aromatic carbocycles. The quantitative estimate of drug-likeness (QED) is 0.215. The monoisotopic (exact) mass is 711 g/mol. The van der Waals surface area contributed by atoms with Gasteiger partial charge in [-0.15, -0.1) is 0 Å². The van der Waals surface area contributed by atoms with Crippen molar-refractivity contribution in [2.75, 3.05) is 0 Å². The van der Waals surface area contributed by atoms with Gasteiger partial charge in [-0.25, -0.2) is 4.79 Å². The van der Waals surface area contributed by atoms with Crippen molar-refractivity contribution in [1.82, 2.24) is 0 Å². The van der Waals surface area contributed by atoms with Crippen LogP contribution in [0.3, 0.4) is 0 Å². The highest BCUT2D eigenvalue weighted by atomic mass is 79.9. The molecule has 1 heterocycles. The van der Waals surface area contributed by atoms with Gasteiger partial charge in [0.05, 0.1) is 19.5 Å². The van der Waals surface area contributed by atoms with Gasteiger partial charge in [-0.3, -0.25) is 4.79 Å². The van der Waals surface area contributed by atoms with Crippen LogP contribution in [0, 0.1) is 0 Å². The number of carboxylic acid groups (broad SMARTS) is 1. The summed E-state index contributed by atoms with van der Waals surface area (Å²) in [6, 6.07) is 5.89. The highest BCUT2D eigenvalue weighted by Gasteiger charge is 2.29. The third kappa shape index (κ3) is 3.63. The third-order valence-electron chi connectivity index (χ3n) is 4.57. The van der Waals surface area contributed by atoms with Gasteiger partial charge in [0.1, 0.15) is 10.1 Å². The summed E-state index contributed by atoms with van der Waals surface area (Å²) in [7, 11) is 0. The summed E-state index contributed by atoms with van der Waals surface area (Å²) in [6.07, 6.45) is 0. The Hall–Kier alpha value is -1.10. The molecule has 1 aliphatic carbocycles. The van der Waals surface area contributed by atoms with Crippen molar-refractivity contribution in [2.45, 2.75) is 0 Å². The van der Waals surface area contributed by atoms with Gasteiger partial charge in [-0.1, -0.05) is 44.9 Å². The Bertz CT molecular complexity index is 1470. The molecule has 31 heavy (non-hydrogen) atoms. The van der Waals surface area contributed by atoms with Gasteiger partial charge in [0.2, 0.25) is 5.43 Å². The van der Waals surface area contributed by atoms with E-state index in [9.17, 15) is 19.8 Å². The van der Waals surface area contributed by atoms with E-state index in [-0.39, 0.29) is 61.6 Å². The highest BCUT2D eigenvalue weighted by Crippen LogP contribution is 2.50. The van der Waals surface area contributed by atoms with Crippen LogP contribution in [-0.4, -0.2) is 11.1 Å². The van der Waals surface area contributed by atoms with E-state index < -0.39 is 5.97 Å². The molecule has 1 aliphatic heterocycles. The van der Waals surface area contributed by atoms with Gasteiger partial charge in [-0.05, 0) is 72.1 Å². The molecule has 0 spiro atoms. The molecule has 0 saturated carbocycles. The number of hydrogen-bond donors (Lipinski definition) is 1. The van der Waals surface area contributed by atoms with Crippen LogP contribution < -0.4 is 10.5 Å². The van der Waals surface area contributed by atoms with Crippen LogP contribution in [0.25, 0.3) is 33.4 Å². The summed E-state index contributed by atoms with van der Waals surface area (Å²) < 4.78 is 6.58. The molecule has 2 aromatic rings. The second kappa shape index (κ2) is 8.35. The van der Waals surface area contributed by atoms with Crippen LogP contribution in [0.4, 0.5) is 0 Å². The van der Waals surface area contributed by atoms with Gasteiger partial charge < -0.3 is 14.6 Å². The lowest BCUT2D eigenvalue weighted by Gasteiger charge is -2.22. The first-order valence-electron chi connectivity index (χ1n) is 8.19. The fourth-order valence-corrected chi connectivity index (χ4v) is 6.15. The minimum atomic E-state index is -1.29. The largest absolute Gasteiger partial charge is 0.871 e. The summed E-state index contributed by atoms with van der Waals surface area (Å²) in [5, 5.41) is 22.9. The molecule has 4 rings (SSSR count). The summed E-state index contributed by atoms with van der Waals surface area (Å²) in [5.41, 5.74) is 0.361. The van der Waals surface area contributed by atoms with Crippen LogP contribution in [0.15, 0.2) is 51.4 Å². The number of halogens is 6. The number of rotatable bonds is 2. The molecule has 0 saturated heterocycles. The maximum atomic E-state index is 12.5. The lowest BCUT2D eigenvalue weighted by atomic mass is 9.90. The standard InChI is InChI=1S/C20H6Br4Cl2O5/c21-7-3-5-11(12-9(25)1-2-10(26)13(12)20(29)30)6-4-8(22)17(28)15(24)19(6)31-18(5)14(23)16(7)27/h1-4,27H,(H,29,30)/p-1. The Morgan fingerprint density at radius 1 is 0.968 bits per heavy atom. The zero-order valence-electron chi connectivity index (χ0n) is 14.7. The fourth-order valence-electron chi connectivity index (χ4n) is 3.26. The van der Waals surface area contributed by atoms with E-state index >= 15 is 0 Å². The second-order valence-electron chi connectivity index (χ2n) is 6.32. The zero-order chi connectivity index (χ0) is 22.8. The van der Waals surface area contributed by atoms with E-state index in [0.29, 0.717) is 16.5 Å². The van der Waals surface area contributed by atoms with E-state index in [0.717, 1.165) is 0 Å². The first kappa shape index (κ1) is 23.1. The Labute approximate surface area is 217 Å². The molecular weight excluding hydrogens is 711 g/mol. The minimum absolute atomic E-state index is 0.0221. The van der Waals surface area contributed by atoms with Crippen molar-refractivity contribution in [3.8, 4) is 28.2 Å². The molecule has 0 aromatic heterocycles. The lowest BCUT2D eigenvalue weighted by molar-refractivity contribution is -0.270. The van der Waals surface area contributed by atoms with Crippen LogP contribution in [-0.2, 0) is 0 Å². The highest BCUT2D eigenvalue weighted by molar-refractivity contribution is 9.11. The molecule has 5 nitrogen and oxygen atoms in total. The van der Waals surface area contributed by atoms with Crippen LogP contribution in [0.1, 0.15) is 10.4 Å². The van der Waals surface area contributed by atoms with Gasteiger partial charge in [0.15, 0.2) is 5.76 Å². The molecule has 1 N–H and O–H groups in total. The van der Waals surface area contributed by atoms with Gasteiger partial charge >= 0.3 is 5.97 Å². The summed E-state index contributed by atoms with van der Waals surface area (Å²) >= 11 is 25.7. The molecule has 0 atom stereocenters. The van der Waals surface area contributed by atoms with Crippen LogP contribution in [0.5, 0.6) is 5.75 Å². The number of hydrogen-bond acceptors (Lipinski definition) is 4. The van der Waals surface area contributed by atoms with Crippen LogP contribution >= 0.6 is 86.9 Å². The Morgan fingerprint density at radius 2 is 1.61 bits per heavy atom. The van der Waals surface area contributed by atoms with Gasteiger partial charge in [-0.2, -0.15) is 0 Å². The molecule has 2 aliphatic rings. The zero-order valence-corrected chi connectivity index (χ0v) is 22.5. The summed E-state index contributed by atoms with van der Waals surface area (Å²) in [5.74, 6) is -1.56. The molecule has 0 fully saturated rings. The molecule has 0 unspecified atom stereocenters. The number of carbonyl (C=O) groups is 1. The van der Waals surface area contributed by atoms with E-state index in [1.165, 1.54) is 24.3 Å². The predicted octanol–water partition coefficient (Wildman–Crippen LogP) is 7.69. The van der Waals surface area contributed by atoms with E-state index in [1.54, 1.807) is 0 Å². The van der Waals surface area contributed by atoms with E-state index in [1.807, 2.05) is 0 Å². The number of fused-ring (bicyclic) bond motifs is 2. The molecule has 0 amide bonds. The van der Waals surface area contributed by atoms with Crippen molar-refractivity contribution in [2.24, 2.45) is 0 Å². The van der Waals surface area contributed by atoms with Gasteiger partial charge in [0.25, 0.3) is 0 Å². The average molecular weight is 716 g/mol. The van der Waals surface area contributed by atoms with Gasteiger partial charge in [0, 0.05) is 31.6 Å². The summed E-state index contributed by atoms with van der Waals surface area (Å²) in [6.45, 7) is 0. The topological polar surface area (TPSA) is 90.6 Å². The molecule has 11 heteroatoms. The second-order valence-corrected chi connectivity index (χ2v) is 10.4. The predicted molar refractivity (Wildman–Crippen MR) is 132 cm³/mol. The first-order valence-corrected chi connectivity index (χ1v) is 12.1. The van der Waals surface area contributed by atoms with Crippen molar-refractivity contribution >= 4 is 104 Å². The third-order valence-corrected chi connectivity index (χ3v) is 7.82. The fraction of sp³-hybridized carbons (Fsp3) is 0. The number of aromatic carboxylic acids is 1. The maximum Gasteiger partial charge on any atom is 0.337 e. The molecule has 0 bridgehead atoms. The average Bonchev–Trinajstić information content (AvgIpc) is 2.71. The normalized spacial score (nSPS) is 11.4. The van der Waals surface area contributed by atoms with Crippen molar-refractivity contribution in [1.29, 1.82) is 0 Å². The molecule has 158 valence electrons. The lowest BCUT2D eigenvalue weighted by Crippen LogP contribution is -2.08. The minimum Gasteiger partial charge on any atom is -0.871 e. The van der Waals surface area contributed by atoms with Crippen molar-refractivity contribution in [3.63, 3.8) is 0 Å². The molecule has 0 radical (unpaired) electrons. The van der Waals surface area contributed by atoms with E-state index in [2.05, 4.69) is 63.7 Å². The Morgan fingerprint density at radius 3 is 2.26 bits per heavy atom. The number of benzene rings is 3. The molecular formula is C20H5Br4Cl2O5-. The van der Waals surface area contributed by atoms with E-state index in [4.69, 9.17) is 27.6 Å². The van der Waals surface area contributed by atoms with Crippen molar-refractivity contribution < 1.29 is 19.4 Å². The van der Waals surface area contributed by atoms with Crippen molar-refractivity contribution in [3.05, 3.63) is 68.0 Å². The Balaban J connectivity index is 2.40. The smallest absolute Gasteiger partial charge is 0.337 e. The SMILES string of the molecule is O=C(O)c1c(Cl)ccc(Cl)c1-c1c2cc(Br)c(=O)c(Br)c-2oc2c(Br)c([O-])c(Br)cc12. The first-order chi connectivity index (χ1) is 14.5. The summed E-state index contributed by atoms with van der Waals surface area (Å²) in [4.78, 5) is 24.6. The Kier molecular flexibility index (Phi) is 6.22. The van der Waals surface area contributed by atoms with Crippen LogP contribution in [0.2, 0.25) is 10.0 Å². The number of carboxylic acids is 1. The maximum absolute atomic E-state index is 12.5.